The van der Waals surface area contributed by atoms with Gasteiger partial charge in [0.1, 0.15) is 0 Å². The van der Waals surface area contributed by atoms with Crippen LogP contribution in [-0.2, 0) is 0 Å². The molecule has 0 atom stereocenters. The second-order valence-electron chi connectivity index (χ2n) is 3.35. The Kier molecular flexibility index (Phi) is 6.02. The zero-order chi connectivity index (χ0) is 10.3. The van der Waals surface area contributed by atoms with Gasteiger partial charge >= 0.3 is 29.6 Å². The van der Waals surface area contributed by atoms with Crippen LogP contribution in [0.4, 0.5) is 0 Å². The predicted octanol–water partition coefficient (Wildman–Crippen LogP) is 0.956. The van der Waals surface area contributed by atoms with Gasteiger partial charge in [-0.25, -0.2) is 0 Å². The molecule has 2 rings (SSSR count). The maximum Gasteiger partial charge on any atom is 1.00 e. The second kappa shape index (κ2) is 7.34. The maximum atomic E-state index is 2.10. The Morgan fingerprint density at radius 1 is 0.750 bits per heavy atom. The van der Waals surface area contributed by atoms with Gasteiger partial charge in [-0.3, -0.25) is 0 Å². The van der Waals surface area contributed by atoms with Gasteiger partial charge in [0.05, 0.1) is 0 Å². The van der Waals surface area contributed by atoms with Crippen molar-refractivity contribution in [1.82, 2.24) is 0 Å². The normalized spacial score (nSPS) is 9.75. The SMILES string of the molecule is C(=Cc1ccccc1)[CH-]c1ccccc1.[Na+]. The molecule has 0 heterocycles. The van der Waals surface area contributed by atoms with Crippen LogP contribution in [0.5, 0.6) is 0 Å². The Bertz CT molecular complexity index is 418. The standard InChI is InChI=1S/C15H13.Na/c1-3-8-14(9-4-1)12-7-13-15-10-5-2-6-11-15;/h1-13H;/q-1;+1. The summed E-state index contributed by atoms with van der Waals surface area (Å²) < 4.78 is 0. The quantitative estimate of drug-likeness (QED) is 0.529. The van der Waals surface area contributed by atoms with E-state index < -0.39 is 0 Å². The Labute approximate surface area is 119 Å². The van der Waals surface area contributed by atoms with Gasteiger partial charge in [-0.15, -0.1) is 48.4 Å². The van der Waals surface area contributed by atoms with E-state index in [4.69, 9.17) is 0 Å². The molecule has 74 valence electrons. The number of hydrogen-bond acceptors (Lipinski definition) is 0. The third kappa shape index (κ3) is 4.28. The van der Waals surface area contributed by atoms with E-state index in [0.717, 1.165) is 0 Å². The molecule has 0 bridgehead atoms. The molecule has 2 aromatic carbocycles. The summed E-state index contributed by atoms with van der Waals surface area (Å²) in [5.41, 5.74) is 2.45. The van der Waals surface area contributed by atoms with E-state index >= 15 is 0 Å². The molecule has 0 aliphatic heterocycles. The van der Waals surface area contributed by atoms with Crippen molar-refractivity contribution in [2.24, 2.45) is 0 Å². The molecule has 0 aliphatic carbocycles. The molecule has 0 saturated heterocycles. The third-order valence-electron chi connectivity index (χ3n) is 2.18. The van der Waals surface area contributed by atoms with Crippen molar-refractivity contribution >= 4 is 6.08 Å². The molecule has 0 amide bonds. The van der Waals surface area contributed by atoms with Gasteiger partial charge in [0.15, 0.2) is 0 Å². The summed E-state index contributed by atoms with van der Waals surface area (Å²) in [7, 11) is 0. The molecule has 16 heavy (non-hydrogen) atoms. The molecule has 2 aromatic rings. The first-order chi connectivity index (χ1) is 7.45. The molecule has 0 unspecified atom stereocenters. The summed E-state index contributed by atoms with van der Waals surface area (Å²) in [4.78, 5) is 0. The van der Waals surface area contributed by atoms with Gasteiger partial charge in [0, 0.05) is 0 Å². The average Bonchev–Trinajstić information content (AvgIpc) is 2.32. The van der Waals surface area contributed by atoms with E-state index in [1.165, 1.54) is 11.1 Å². The van der Waals surface area contributed by atoms with E-state index in [1.807, 2.05) is 36.4 Å². The summed E-state index contributed by atoms with van der Waals surface area (Å²) in [5, 5.41) is 0. The van der Waals surface area contributed by atoms with Crippen molar-refractivity contribution in [2.45, 2.75) is 0 Å². The fraction of sp³-hybridized carbons (Fsp3) is 0. The first-order valence-electron chi connectivity index (χ1n) is 5.07. The number of hydrogen-bond donors (Lipinski definition) is 0. The summed E-state index contributed by atoms with van der Waals surface area (Å²) in [6.07, 6.45) is 6.28. The maximum absolute atomic E-state index is 2.10. The molecule has 0 spiro atoms. The first-order valence-corrected chi connectivity index (χ1v) is 5.07. The summed E-state index contributed by atoms with van der Waals surface area (Å²) in [6, 6.07) is 20.6. The van der Waals surface area contributed by atoms with Crippen molar-refractivity contribution in [3.63, 3.8) is 0 Å². The minimum atomic E-state index is 0. The van der Waals surface area contributed by atoms with E-state index in [2.05, 4.69) is 42.8 Å². The average molecular weight is 216 g/mol. The Hall–Kier alpha value is -0.950. The summed E-state index contributed by atoms with van der Waals surface area (Å²) in [5.74, 6) is 0. The molecule has 0 saturated carbocycles. The molecular weight excluding hydrogens is 203 g/mol. The molecule has 0 nitrogen and oxygen atoms in total. The van der Waals surface area contributed by atoms with Crippen LogP contribution in [0.3, 0.4) is 0 Å². The van der Waals surface area contributed by atoms with E-state index in [0.29, 0.717) is 0 Å². The van der Waals surface area contributed by atoms with Crippen LogP contribution >= 0.6 is 0 Å². The third-order valence-corrected chi connectivity index (χ3v) is 2.18. The Morgan fingerprint density at radius 3 is 1.94 bits per heavy atom. The van der Waals surface area contributed by atoms with Crippen LogP contribution < -0.4 is 29.6 Å². The van der Waals surface area contributed by atoms with Crippen molar-refractivity contribution in [3.8, 4) is 0 Å². The number of rotatable bonds is 3. The van der Waals surface area contributed by atoms with Crippen molar-refractivity contribution in [1.29, 1.82) is 0 Å². The molecule has 0 fully saturated rings. The van der Waals surface area contributed by atoms with E-state index in [1.54, 1.807) is 0 Å². The first kappa shape index (κ1) is 13.1. The van der Waals surface area contributed by atoms with Crippen LogP contribution in [0, 0.1) is 6.42 Å². The zero-order valence-corrected chi connectivity index (χ0v) is 11.5. The van der Waals surface area contributed by atoms with Gasteiger partial charge < -0.3 is 0 Å². The number of benzene rings is 2. The van der Waals surface area contributed by atoms with Gasteiger partial charge in [-0.05, 0) is 0 Å². The Morgan fingerprint density at radius 2 is 1.31 bits per heavy atom. The fourth-order valence-electron chi connectivity index (χ4n) is 1.40. The Balaban J connectivity index is 0.00000128. The van der Waals surface area contributed by atoms with Crippen LogP contribution in [0.25, 0.3) is 6.08 Å². The zero-order valence-electron chi connectivity index (χ0n) is 9.51. The smallest absolute Gasteiger partial charge is 0.148 e. The predicted molar refractivity (Wildman–Crippen MR) is 65.3 cm³/mol. The number of allylic oxidation sites excluding steroid dienone is 1. The van der Waals surface area contributed by atoms with Gasteiger partial charge in [0.2, 0.25) is 0 Å². The molecule has 0 aliphatic rings. The minimum Gasteiger partial charge on any atom is -0.148 e. The van der Waals surface area contributed by atoms with Gasteiger partial charge in [-0.2, -0.15) is 0 Å². The largest absolute Gasteiger partial charge is 1.00 e. The second-order valence-corrected chi connectivity index (χ2v) is 3.35. The van der Waals surface area contributed by atoms with Gasteiger partial charge in [0.25, 0.3) is 0 Å². The monoisotopic (exact) mass is 216 g/mol. The topological polar surface area (TPSA) is 0 Å². The van der Waals surface area contributed by atoms with Crippen LogP contribution in [0.1, 0.15) is 11.1 Å². The van der Waals surface area contributed by atoms with Crippen LogP contribution in [-0.4, -0.2) is 0 Å². The van der Waals surface area contributed by atoms with Crippen molar-refractivity contribution in [2.75, 3.05) is 0 Å². The molecular formula is C15H13Na. The molecule has 0 radical (unpaired) electrons. The molecule has 0 aromatic heterocycles. The fourth-order valence-corrected chi connectivity index (χ4v) is 1.40. The van der Waals surface area contributed by atoms with Gasteiger partial charge in [-0.1, -0.05) is 42.0 Å². The van der Waals surface area contributed by atoms with Crippen molar-refractivity contribution in [3.05, 3.63) is 84.3 Å². The van der Waals surface area contributed by atoms with E-state index in [9.17, 15) is 0 Å². The molecule has 0 N–H and O–H groups in total. The van der Waals surface area contributed by atoms with Crippen LogP contribution in [0.15, 0.2) is 66.7 Å². The minimum absolute atomic E-state index is 0. The summed E-state index contributed by atoms with van der Waals surface area (Å²) in [6.45, 7) is 0. The van der Waals surface area contributed by atoms with Crippen LogP contribution in [0.2, 0.25) is 0 Å². The summed E-state index contributed by atoms with van der Waals surface area (Å²) >= 11 is 0. The molecule has 1 heteroatoms. The van der Waals surface area contributed by atoms with Crippen molar-refractivity contribution < 1.29 is 29.6 Å². The van der Waals surface area contributed by atoms with E-state index in [-0.39, 0.29) is 29.6 Å².